The highest BCUT2D eigenvalue weighted by Crippen LogP contribution is 2.21. The number of sulfonamides is 1. The first-order valence-corrected chi connectivity index (χ1v) is 9.03. The van der Waals surface area contributed by atoms with Gasteiger partial charge in [-0.15, -0.1) is 11.3 Å². The minimum atomic E-state index is -3.44. The third-order valence-corrected chi connectivity index (χ3v) is 6.16. The molecule has 2 rings (SSSR count). The number of rotatable bonds is 6. The molecule has 114 valence electrons. The highest BCUT2D eigenvalue weighted by Gasteiger charge is 2.21. The van der Waals surface area contributed by atoms with Crippen molar-refractivity contribution in [1.82, 2.24) is 9.62 Å². The topological polar surface area (TPSA) is 49.4 Å². The third kappa shape index (κ3) is 3.71. The van der Waals surface area contributed by atoms with Gasteiger partial charge in [-0.3, -0.25) is 0 Å². The summed E-state index contributed by atoms with van der Waals surface area (Å²) in [6.45, 7) is 2.43. The van der Waals surface area contributed by atoms with Crippen LogP contribution < -0.4 is 5.32 Å². The van der Waals surface area contributed by atoms with Crippen LogP contribution in [0.25, 0.3) is 0 Å². The van der Waals surface area contributed by atoms with E-state index in [1.54, 1.807) is 30.5 Å². The summed E-state index contributed by atoms with van der Waals surface area (Å²) in [5, 5.41) is 5.08. The number of hydrogen-bond donors (Lipinski definition) is 1. The summed E-state index contributed by atoms with van der Waals surface area (Å²) in [7, 11) is 0.0447. The van der Waals surface area contributed by atoms with Crippen LogP contribution in [0.5, 0.6) is 0 Å². The number of benzene rings is 1. The summed E-state index contributed by atoms with van der Waals surface area (Å²) in [5.74, 6) is 0. The quantitative estimate of drug-likeness (QED) is 0.889. The van der Waals surface area contributed by atoms with Crippen LogP contribution in [0.4, 0.5) is 0 Å². The molecule has 1 aromatic heterocycles. The van der Waals surface area contributed by atoms with Crippen LogP contribution in [-0.4, -0.2) is 26.8 Å². The molecule has 0 aliphatic rings. The van der Waals surface area contributed by atoms with Gasteiger partial charge in [-0.25, -0.2) is 8.42 Å². The van der Waals surface area contributed by atoms with Crippen LogP contribution in [0.2, 0.25) is 0 Å². The largest absolute Gasteiger partial charge is 0.313 e. The van der Waals surface area contributed by atoms with E-state index in [2.05, 4.69) is 5.32 Å². The Morgan fingerprint density at radius 3 is 2.43 bits per heavy atom. The van der Waals surface area contributed by atoms with Crippen LogP contribution in [0, 0.1) is 0 Å². The first-order chi connectivity index (χ1) is 9.95. The molecule has 4 nitrogen and oxygen atoms in total. The van der Waals surface area contributed by atoms with Gasteiger partial charge in [-0.05, 0) is 43.1 Å². The Kier molecular flexibility index (Phi) is 5.16. The van der Waals surface area contributed by atoms with Crippen molar-refractivity contribution >= 4 is 21.4 Å². The molecule has 0 amide bonds. The standard InChI is InChI=1S/C15H20N2O2S2/c1-12(16-2)13-6-8-15(9-7-13)21(18,19)17(3)11-14-5-4-10-20-14/h4-10,12,16H,11H2,1-3H3. The van der Waals surface area contributed by atoms with E-state index in [-0.39, 0.29) is 6.04 Å². The number of thiophene rings is 1. The van der Waals surface area contributed by atoms with Crippen molar-refractivity contribution in [3.8, 4) is 0 Å². The van der Waals surface area contributed by atoms with Crippen molar-refractivity contribution in [2.75, 3.05) is 14.1 Å². The van der Waals surface area contributed by atoms with Gasteiger partial charge in [-0.1, -0.05) is 18.2 Å². The molecule has 1 aromatic carbocycles. The Bertz CT molecular complexity index is 664. The highest BCUT2D eigenvalue weighted by atomic mass is 32.2. The molecule has 0 bridgehead atoms. The molecular formula is C15H20N2O2S2. The van der Waals surface area contributed by atoms with Gasteiger partial charge in [0.2, 0.25) is 10.0 Å². The van der Waals surface area contributed by atoms with E-state index in [4.69, 9.17) is 0 Å². The Morgan fingerprint density at radius 1 is 1.24 bits per heavy atom. The predicted octanol–water partition coefficient (Wildman–Crippen LogP) is 2.85. The van der Waals surface area contributed by atoms with E-state index in [9.17, 15) is 8.42 Å². The van der Waals surface area contributed by atoms with Gasteiger partial charge in [0.1, 0.15) is 0 Å². The highest BCUT2D eigenvalue weighted by molar-refractivity contribution is 7.89. The van der Waals surface area contributed by atoms with Gasteiger partial charge in [0.25, 0.3) is 0 Å². The molecule has 0 spiro atoms. The van der Waals surface area contributed by atoms with Gasteiger partial charge < -0.3 is 5.32 Å². The van der Waals surface area contributed by atoms with Gasteiger partial charge in [0.05, 0.1) is 4.90 Å². The Morgan fingerprint density at radius 2 is 1.90 bits per heavy atom. The molecule has 0 aliphatic heterocycles. The fourth-order valence-electron chi connectivity index (χ4n) is 1.98. The zero-order valence-corrected chi connectivity index (χ0v) is 14.0. The molecule has 0 aliphatic carbocycles. The smallest absolute Gasteiger partial charge is 0.243 e. The van der Waals surface area contributed by atoms with Crippen LogP contribution >= 0.6 is 11.3 Å². The maximum Gasteiger partial charge on any atom is 0.243 e. The molecule has 0 radical (unpaired) electrons. The Balaban J connectivity index is 2.18. The summed E-state index contributed by atoms with van der Waals surface area (Å²) in [6.07, 6.45) is 0. The second-order valence-corrected chi connectivity index (χ2v) is 8.00. The summed E-state index contributed by atoms with van der Waals surface area (Å²) >= 11 is 1.56. The van der Waals surface area contributed by atoms with Gasteiger partial charge in [0.15, 0.2) is 0 Å². The SMILES string of the molecule is CNC(C)c1ccc(S(=O)(=O)N(C)Cc2cccs2)cc1. The number of hydrogen-bond acceptors (Lipinski definition) is 4. The maximum absolute atomic E-state index is 12.5. The van der Waals surface area contributed by atoms with Crippen molar-refractivity contribution in [2.24, 2.45) is 0 Å². The summed E-state index contributed by atoms with van der Waals surface area (Å²) < 4.78 is 26.4. The fraction of sp³-hybridized carbons (Fsp3) is 0.333. The Hall–Kier alpha value is -1.21. The van der Waals surface area contributed by atoms with Crippen LogP contribution in [0.1, 0.15) is 23.4 Å². The lowest BCUT2D eigenvalue weighted by Crippen LogP contribution is -2.26. The minimum Gasteiger partial charge on any atom is -0.313 e. The van der Waals surface area contributed by atoms with Crippen molar-refractivity contribution in [2.45, 2.75) is 24.4 Å². The average molecular weight is 324 g/mol. The lowest BCUT2D eigenvalue weighted by Gasteiger charge is -2.17. The molecule has 1 atom stereocenters. The summed E-state index contributed by atoms with van der Waals surface area (Å²) in [4.78, 5) is 1.36. The van der Waals surface area contributed by atoms with Gasteiger partial charge in [0, 0.05) is 24.5 Å². The maximum atomic E-state index is 12.5. The van der Waals surface area contributed by atoms with E-state index >= 15 is 0 Å². The molecule has 0 saturated heterocycles. The van der Waals surface area contributed by atoms with E-state index < -0.39 is 10.0 Å². The monoisotopic (exact) mass is 324 g/mol. The van der Waals surface area contributed by atoms with E-state index in [0.29, 0.717) is 11.4 Å². The molecule has 2 aromatic rings. The van der Waals surface area contributed by atoms with Crippen molar-refractivity contribution in [1.29, 1.82) is 0 Å². The number of nitrogens with one attached hydrogen (secondary N) is 1. The lowest BCUT2D eigenvalue weighted by molar-refractivity contribution is 0.469. The Labute approximate surface area is 130 Å². The fourth-order valence-corrected chi connectivity index (χ4v) is 3.97. The van der Waals surface area contributed by atoms with E-state index in [1.165, 1.54) is 4.31 Å². The third-order valence-electron chi connectivity index (χ3n) is 3.48. The second kappa shape index (κ2) is 6.70. The predicted molar refractivity (Wildman–Crippen MR) is 86.9 cm³/mol. The van der Waals surface area contributed by atoms with E-state index in [1.807, 2.05) is 43.6 Å². The van der Waals surface area contributed by atoms with Crippen LogP contribution in [0.15, 0.2) is 46.7 Å². The first kappa shape index (κ1) is 16.2. The first-order valence-electron chi connectivity index (χ1n) is 6.71. The van der Waals surface area contributed by atoms with Crippen LogP contribution in [0.3, 0.4) is 0 Å². The van der Waals surface area contributed by atoms with Gasteiger partial charge >= 0.3 is 0 Å². The molecule has 1 unspecified atom stereocenters. The molecule has 0 saturated carbocycles. The van der Waals surface area contributed by atoms with Crippen molar-refractivity contribution < 1.29 is 8.42 Å². The molecule has 21 heavy (non-hydrogen) atoms. The molecule has 6 heteroatoms. The molecule has 1 N–H and O–H groups in total. The van der Waals surface area contributed by atoms with Crippen molar-refractivity contribution in [3.63, 3.8) is 0 Å². The molecule has 1 heterocycles. The van der Waals surface area contributed by atoms with Gasteiger partial charge in [-0.2, -0.15) is 4.31 Å². The number of nitrogens with zero attached hydrogens (tertiary/aromatic N) is 1. The summed E-state index contributed by atoms with van der Waals surface area (Å²) in [5.41, 5.74) is 1.07. The normalized spacial score (nSPS) is 13.5. The zero-order chi connectivity index (χ0) is 15.5. The van der Waals surface area contributed by atoms with Crippen LogP contribution in [-0.2, 0) is 16.6 Å². The average Bonchev–Trinajstić information content (AvgIpc) is 2.99. The summed E-state index contributed by atoms with van der Waals surface area (Å²) in [6, 6.07) is 11.1. The lowest BCUT2D eigenvalue weighted by atomic mass is 10.1. The van der Waals surface area contributed by atoms with Crippen molar-refractivity contribution in [3.05, 3.63) is 52.2 Å². The second-order valence-electron chi connectivity index (χ2n) is 4.92. The molecular weight excluding hydrogens is 304 g/mol. The minimum absolute atomic E-state index is 0.200. The van der Waals surface area contributed by atoms with E-state index in [0.717, 1.165) is 10.4 Å². The zero-order valence-electron chi connectivity index (χ0n) is 12.4. The molecule has 0 fully saturated rings.